The van der Waals surface area contributed by atoms with E-state index in [9.17, 15) is 26.4 Å². The van der Waals surface area contributed by atoms with Crippen molar-refractivity contribution in [1.29, 1.82) is 0 Å². The van der Waals surface area contributed by atoms with Gasteiger partial charge in [0.25, 0.3) is 0 Å². The van der Waals surface area contributed by atoms with Gasteiger partial charge in [-0.2, -0.15) is 21.6 Å². The first-order valence-corrected chi connectivity index (χ1v) is 10.6. The van der Waals surface area contributed by atoms with Crippen molar-refractivity contribution in [2.24, 2.45) is 0 Å². The maximum absolute atomic E-state index is 12.5. The lowest BCUT2D eigenvalue weighted by molar-refractivity contribution is -0.0500. The fourth-order valence-electron chi connectivity index (χ4n) is 2.66. The Morgan fingerprint density at radius 1 is 1.00 bits per heavy atom. The Bertz CT molecular complexity index is 1170. The highest BCUT2D eigenvalue weighted by atomic mass is 32.2. The van der Waals surface area contributed by atoms with Crippen molar-refractivity contribution in [2.45, 2.75) is 11.9 Å². The van der Waals surface area contributed by atoms with E-state index >= 15 is 0 Å². The molecule has 7 nitrogen and oxygen atoms in total. The van der Waals surface area contributed by atoms with Gasteiger partial charge in [0.05, 0.1) is 18.5 Å². The lowest BCUT2D eigenvalue weighted by atomic mass is 10.1. The SMILES string of the molecule is O=C(Nc1cnccc1-c1ccc(OS(=O)(=O)C(F)(F)F)cc1)OCCc1ccccc1. The third-order valence-corrected chi connectivity index (χ3v) is 5.16. The molecule has 0 aliphatic carbocycles. The largest absolute Gasteiger partial charge is 0.534 e. The number of aromatic nitrogens is 1. The summed E-state index contributed by atoms with van der Waals surface area (Å²) in [6.45, 7) is 0.158. The summed E-state index contributed by atoms with van der Waals surface area (Å²) in [5, 5.41) is 2.57. The number of amides is 1. The second-order valence-corrected chi connectivity index (χ2v) is 7.96. The smallest absolute Gasteiger partial charge is 0.449 e. The summed E-state index contributed by atoms with van der Waals surface area (Å²) in [5.74, 6) is -0.505. The van der Waals surface area contributed by atoms with Crippen LogP contribution in [0, 0.1) is 0 Å². The second-order valence-electron chi connectivity index (χ2n) is 6.43. The molecular formula is C21H17F3N2O5S. The van der Waals surface area contributed by atoms with Crippen molar-refractivity contribution in [3.63, 3.8) is 0 Å². The normalized spacial score (nSPS) is 11.6. The summed E-state index contributed by atoms with van der Waals surface area (Å²) >= 11 is 0. The summed E-state index contributed by atoms with van der Waals surface area (Å²) in [6, 6.07) is 15.9. The van der Waals surface area contributed by atoms with E-state index in [0.717, 1.165) is 17.7 Å². The van der Waals surface area contributed by atoms with Gasteiger partial charge in [-0.05, 0) is 29.3 Å². The van der Waals surface area contributed by atoms with Gasteiger partial charge in [0, 0.05) is 18.2 Å². The minimum atomic E-state index is -5.76. The van der Waals surface area contributed by atoms with E-state index in [1.807, 2.05) is 30.3 Å². The van der Waals surface area contributed by atoms with Crippen LogP contribution in [0.1, 0.15) is 5.56 Å². The number of anilines is 1. The molecule has 168 valence electrons. The first kappa shape index (κ1) is 23.1. The fourth-order valence-corrected chi connectivity index (χ4v) is 3.12. The van der Waals surface area contributed by atoms with Gasteiger partial charge >= 0.3 is 21.7 Å². The molecule has 0 radical (unpaired) electrons. The van der Waals surface area contributed by atoms with Crippen LogP contribution in [0.2, 0.25) is 0 Å². The molecule has 11 heteroatoms. The molecule has 0 spiro atoms. The lowest BCUT2D eigenvalue weighted by Crippen LogP contribution is -2.28. The third kappa shape index (κ3) is 5.97. The van der Waals surface area contributed by atoms with Crippen molar-refractivity contribution < 1.29 is 35.3 Å². The van der Waals surface area contributed by atoms with Gasteiger partial charge in [0.2, 0.25) is 0 Å². The zero-order valence-electron chi connectivity index (χ0n) is 16.4. The van der Waals surface area contributed by atoms with Crippen LogP contribution < -0.4 is 9.50 Å². The monoisotopic (exact) mass is 466 g/mol. The predicted molar refractivity (Wildman–Crippen MR) is 110 cm³/mol. The summed E-state index contributed by atoms with van der Waals surface area (Å²) in [7, 11) is -5.76. The van der Waals surface area contributed by atoms with Gasteiger partial charge in [-0.3, -0.25) is 10.3 Å². The average molecular weight is 466 g/mol. The second kappa shape index (κ2) is 9.69. The molecule has 0 aliphatic heterocycles. The number of hydrogen-bond donors (Lipinski definition) is 1. The molecule has 0 aliphatic rings. The standard InChI is InChI=1S/C21H17F3N2O5S/c22-21(23,24)32(28,29)31-17-8-6-16(7-9-17)18-10-12-25-14-19(18)26-20(27)30-13-11-15-4-2-1-3-5-15/h1-10,12,14H,11,13H2,(H,26,27). The summed E-state index contributed by atoms with van der Waals surface area (Å²) in [5.41, 5.74) is -3.26. The van der Waals surface area contributed by atoms with E-state index in [2.05, 4.69) is 14.5 Å². The number of ether oxygens (including phenoxy) is 1. The van der Waals surface area contributed by atoms with Crippen molar-refractivity contribution in [2.75, 3.05) is 11.9 Å². The average Bonchev–Trinajstić information content (AvgIpc) is 2.74. The van der Waals surface area contributed by atoms with Crippen LogP contribution in [0.15, 0.2) is 73.1 Å². The quantitative estimate of drug-likeness (QED) is 0.398. The van der Waals surface area contributed by atoms with Crippen molar-refractivity contribution in [3.8, 4) is 16.9 Å². The van der Waals surface area contributed by atoms with Gasteiger partial charge in [0.1, 0.15) is 5.75 Å². The molecule has 0 saturated heterocycles. The van der Waals surface area contributed by atoms with Gasteiger partial charge in [-0.25, -0.2) is 4.79 Å². The highest BCUT2D eigenvalue weighted by Crippen LogP contribution is 2.31. The maximum atomic E-state index is 12.5. The van der Waals surface area contributed by atoms with E-state index in [4.69, 9.17) is 4.74 Å². The summed E-state index contributed by atoms with van der Waals surface area (Å²) < 4.78 is 68.8. The van der Waals surface area contributed by atoms with Gasteiger partial charge in [0.15, 0.2) is 0 Å². The molecule has 1 aromatic heterocycles. The number of carbonyl (C=O) groups excluding carboxylic acids is 1. The number of rotatable bonds is 7. The van der Waals surface area contributed by atoms with E-state index < -0.39 is 27.5 Å². The number of hydrogen-bond acceptors (Lipinski definition) is 6. The van der Waals surface area contributed by atoms with Crippen molar-refractivity contribution in [3.05, 3.63) is 78.6 Å². The molecule has 32 heavy (non-hydrogen) atoms. The Kier molecular flexibility index (Phi) is 6.98. The topological polar surface area (TPSA) is 94.6 Å². The molecule has 3 aromatic rings. The molecule has 2 aromatic carbocycles. The molecule has 0 saturated carbocycles. The van der Waals surface area contributed by atoms with Crippen LogP contribution in [0.25, 0.3) is 11.1 Å². The van der Waals surface area contributed by atoms with Crippen LogP contribution in [0.4, 0.5) is 23.7 Å². The Morgan fingerprint density at radius 3 is 2.34 bits per heavy atom. The van der Waals surface area contributed by atoms with E-state index in [0.29, 0.717) is 23.2 Å². The lowest BCUT2D eigenvalue weighted by Gasteiger charge is -2.12. The third-order valence-electron chi connectivity index (χ3n) is 4.18. The molecule has 0 fully saturated rings. The van der Waals surface area contributed by atoms with E-state index in [-0.39, 0.29) is 6.61 Å². The Morgan fingerprint density at radius 2 is 1.69 bits per heavy atom. The number of benzene rings is 2. The van der Waals surface area contributed by atoms with Crippen molar-refractivity contribution >= 4 is 21.9 Å². The predicted octanol–water partition coefficient (Wildman–Crippen LogP) is 4.77. The number of pyridine rings is 1. The Balaban J connectivity index is 1.66. The number of alkyl halides is 3. The minimum absolute atomic E-state index is 0.158. The summed E-state index contributed by atoms with van der Waals surface area (Å²) in [4.78, 5) is 16.1. The maximum Gasteiger partial charge on any atom is 0.534 e. The highest BCUT2D eigenvalue weighted by Gasteiger charge is 2.48. The first-order valence-electron chi connectivity index (χ1n) is 9.18. The molecule has 1 heterocycles. The van der Waals surface area contributed by atoms with Gasteiger partial charge in [-0.15, -0.1) is 0 Å². The Labute approximate surface area is 181 Å². The van der Waals surface area contributed by atoms with Crippen LogP contribution in [0.3, 0.4) is 0 Å². The molecular weight excluding hydrogens is 449 g/mol. The number of carbonyl (C=O) groups is 1. The molecule has 3 rings (SSSR count). The van der Waals surface area contributed by atoms with Crippen molar-refractivity contribution in [1.82, 2.24) is 4.98 Å². The minimum Gasteiger partial charge on any atom is -0.449 e. The zero-order valence-corrected chi connectivity index (χ0v) is 17.2. The Hall–Kier alpha value is -3.60. The van der Waals surface area contributed by atoms with Crippen LogP contribution in [-0.2, 0) is 21.3 Å². The van der Waals surface area contributed by atoms with E-state index in [1.165, 1.54) is 24.5 Å². The number of nitrogens with zero attached hydrogens (tertiary/aromatic N) is 1. The van der Waals surface area contributed by atoms with Crippen LogP contribution in [0.5, 0.6) is 5.75 Å². The van der Waals surface area contributed by atoms with E-state index in [1.54, 1.807) is 6.07 Å². The fraction of sp³-hybridized carbons (Fsp3) is 0.143. The summed E-state index contributed by atoms with van der Waals surface area (Å²) in [6.07, 6.45) is 2.68. The highest BCUT2D eigenvalue weighted by molar-refractivity contribution is 7.88. The first-order chi connectivity index (χ1) is 15.2. The number of halogens is 3. The molecule has 0 unspecified atom stereocenters. The molecule has 1 amide bonds. The van der Waals surface area contributed by atoms with Crippen LogP contribution in [-0.4, -0.2) is 31.6 Å². The molecule has 0 atom stereocenters. The molecule has 1 N–H and O–H groups in total. The van der Waals surface area contributed by atoms with Crippen LogP contribution >= 0.6 is 0 Å². The number of nitrogens with one attached hydrogen (secondary N) is 1. The van der Waals surface area contributed by atoms with Gasteiger partial charge in [-0.1, -0.05) is 42.5 Å². The zero-order chi connectivity index (χ0) is 23.2. The van der Waals surface area contributed by atoms with Gasteiger partial charge < -0.3 is 8.92 Å². The molecule has 0 bridgehead atoms.